The summed E-state index contributed by atoms with van der Waals surface area (Å²) in [4.78, 5) is 11.7. The summed E-state index contributed by atoms with van der Waals surface area (Å²) in [5, 5.41) is 8.42. The maximum atomic E-state index is 12.9. The molecule has 2 aromatic carbocycles. The minimum absolute atomic E-state index is 0.118. The van der Waals surface area contributed by atoms with Crippen LogP contribution in [0.3, 0.4) is 0 Å². The average Bonchev–Trinajstić information content (AvgIpc) is 3.33. The van der Waals surface area contributed by atoms with Gasteiger partial charge in [0.25, 0.3) is 0 Å². The van der Waals surface area contributed by atoms with Crippen LogP contribution in [-0.2, 0) is 14.6 Å². The summed E-state index contributed by atoms with van der Waals surface area (Å²) in [6.45, 7) is 0. The van der Waals surface area contributed by atoms with Gasteiger partial charge in [-0.15, -0.1) is 0 Å². The number of sulfone groups is 1. The molecule has 1 aliphatic carbocycles. The predicted molar refractivity (Wildman–Crippen MR) is 87.3 cm³/mol. The monoisotopic (exact) mass is 341 g/mol. The smallest absolute Gasteiger partial charge is 0.183 e. The number of hydrogen-bond donors (Lipinski definition) is 0. The van der Waals surface area contributed by atoms with Gasteiger partial charge < -0.3 is 9.53 Å². The molecule has 3 rings (SSSR count). The second-order valence-electron chi connectivity index (χ2n) is 5.69. The molecule has 5 nitrogen and oxygen atoms in total. The van der Waals surface area contributed by atoms with Crippen molar-refractivity contribution in [3.63, 3.8) is 0 Å². The second-order valence-corrected chi connectivity index (χ2v) is 7.76. The van der Waals surface area contributed by atoms with E-state index in [4.69, 9.17) is 4.74 Å². The number of aldehydes is 1. The van der Waals surface area contributed by atoms with Gasteiger partial charge in [0.05, 0.1) is 18.1 Å². The fourth-order valence-electron chi connectivity index (χ4n) is 3.13. The Balaban J connectivity index is 2.06. The van der Waals surface area contributed by atoms with Gasteiger partial charge in [-0.3, -0.25) is 0 Å². The van der Waals surface area contributed by atoms with Crippen molar-refractivity contribution in [2.24, 2.45) is 5.41 Å². The van der Waals surface area contributed by atoms with Crippen molar-refractivity contribution in [2.75, 3.05) is 7.11 Å². The summed E-state index contributed by atoms with van der Waals surface area (Å²) in [5.41, 5.74) is -0.919. The minimum atomic E-state index is -3.80. The predicted octanol–water partition coefficient (Wildman–Crippen LogP) is 2.34. The number of carbonyl (C=O) groups excluding carboxylic acids is 1. The van der Waals surface area contributed by atoms with E-state index in [2.05, 4.69) is 0 Å². The second kappa shape index (κ2) is 5.77. The quantitative estimate of drug-likeness (QED) is 0.779. The van der Waals surface area contributed by atoms with E-state index in [0.29, 0.717) is 17.6 Å². The van der Waals surface area contributed by atoms with Crippen LogP contribution in [0.15, 0.2) is 59.5 Å². The highest BCUT2D eigenvalue weighted by Gasteiger charge is 2.72. The van der Waals surface area contributed by atoms with E-state index in [1.165, 1.54) is 19.2 Å². The summed E-state index contributed by atoms with van der Waals surface area (Å²) in [7, 11) is -2.27. The van der Waals surface area contributed by atoms with Gasteiger partial charge in [0.1, 0.15) is 22.7 Å². The molecule has 0 heterocycles. The van der Waals surface area contributed by atoms with Crippen molar-refractivity contribution >= 4 is 16.1 Å². The molecule has 2 aromatic rings. The molecule has 0 bridgehead atoms. The van der Waals surface area contributed by atoms with Crippen LogP contribution in [0.1, 0.15) is 11.5 Å². The lowest BCUT2D eigenvalue weighted by Crippen LogP contribution is -2.16. The molecule has 6 heteroatoms. The van der Waals surface area contributed by atoms with Gasteiger partial charge in [0.2, 0.25) is 0 Å². The summed E-state index contributed by atoms with van der Waals surface area (Å²) >= 11 is 0. The molecule has 1 aliphatic rings. The summed E-state index contributed by atoms with van der Waals surface area (Å²) < 4.78 is 30.9. The number of hydrogen-bond acceptors (Lipinski definition) is 5. The van der Waals surface area contributed by atoms with Crippen molar-refractivity contribution in [2.45, 2.75) is 16.1 Å². The standard InChI is InChI=1S/C18H15NO4S/c1-23-14-9-7-13(8-10-14)16-17(18(16,11-19)12-20)24(21,22)15-5-3-2-4-6-15/h2-10,12,16-17H,1H3. The number of nitriles is 1. The van der Waals surface area contributed by atoms with E-state index in [9.17, 15) is 18.5 Å². The lowest BCUT2D eigenvalue weighted by molar-refractivity contribution is -0.110. The van der Waals surface area contributed by atoms with Gasteiger partial charge in [0.15, 0.2) is 9.84 Å². The van der Waals surface area contributed by atoms with Crippen molar-refractivity contribution in [1.29, 1.82) is 5.26 Å². The van der Waals surface area contributed by atoms with Crippen molar-refractivity contribution < 1.29 is 17.9 Å². The Hall–Kier alpha value is -2.65. The van der Waals surface area contributed by atoms with Crippen LogP contribution in [0.2, 0.25) is 0 Å². The van der Waals surface area contributed by atoms with E-state index in [0.717, 1.165) is 0 Å². The lowest BCUT2D eigenvalue weighted by Gasteiger charge is -2.04. The highest BCUT2D eigenvalue weighted by Crippen LogP contribution is 2.62. The van der Waals surface area contributed by atoms with Crippen LogP contribution in [0.5, 0.6) is 5.75 Å². The normalized spacial score (nSPS) is 25.5. The molecule has 0 aliphatic heterocycles. The van der Waals surface area contributed by atoms with Crippen molar-refractivity contribution in [1.82, 2.24) is 0 Å². The lowest BCUT2D eigenvalue weighted by atomic mass is 10.0. The van der Waals surface area contributed by atoms with Gasteiger partial charge in [-0.05, 0) is 29.8 Å². The van der Waals surface area contributed by atoms with Gasteiger partial charge in [-0.2, -0.15) is 5.26 Å². The molecule has 0 amide bonds. The number of carbonyl (C=O) groups is 1. The number of nitrogens with zero attached hydrogens (tertiary/aromatic N) is 1. The zero-order valence-corrected chi connectivity index (χ0v) is 13.7. The minimum Gasteiger partial charge on any atom is -0.497 e. The third kappa shape index (κ3) is 2.29. The molecular formula is C18H15NO4S. The Morgan fingerprint density at radius 3 is 2.25 bits per heavy atom. The van der Waals surface area contributed by atoms with Gasteiger partial charge in [-0.25, -0.2) is 8.42 Å². The molecule has 0 spiro atoms. The van der Waals surface area contributed by atoms with Crippen LogP contribution in [0, 0.1) is 16.7 Å². The van der Waals surface area contributed by atoms with Crippen LogP contribution in [0.25, 0.3) is 0 Å². The number of rotatable bonds is 5. The fraction of sp³-hybridized carbons (Fsp3) is 0.222. The fourth-order valence-corrected chi connectivity index (χ4v) is 5.39. The zero-order valence-electron chi connectivity index (χ0n) is 12.9. The molecule has 0 saturated heterocycles. The maximum absolute atomic E-state index is 12.9. The first-order valence-electron chi connectivity index (χ1n) is 7.31. The first kappa shape index (κ1) is 16.2. The maximum Gasteiger partial charge on any atom is 0.183 e. The molecule has 122 valence electrons. The van der Waals surface area contributed by atoms with E-state index in [1.54, 1.807) is 42.5 Å². The van der Waals surface area contributed by atoms with Crippen molar-refractivity contribution in [3.05, 3.63) is 60.2 Å². The highest BCUT2D eigenvalue weighted by molar-refractivity contribution is 7.92. The Morgan fingerprint density at radius 2 is 1.75 bits per heavy atom. The number of benzene rings is 2. The van der Waals surface area contributed by atoms with E-state index >= 15 is 0 Å². The Labute approximate surface area is 140 Å². The van der Waals surface area contributed by atoms with E-state index in [1.807, 2.05) is 6.07 Å². The van der Waals surface area contributed by atoms with Crippen LogP contribution in [0.4, 0.5) is 0 Å². The third-order valence-corrected chi connectivity index (χ3v) is 6.71. The largest absolute Gasteiger partial charge is 0.497 e. The first-order chi connectivity index (χ1) is 11.5. The molecule has 0 radical (unpaired) electrons. The SMILES string of the molecule is COc1ccc(C2C(S(=O)(=O)c3ccccc3)C2(C#N)C=O)cc1. The van der Waals surface area contributed by atoms with Crippen molar-refractivity contribution in [3.8, 4) is 11.8 Å². The molecular weight excluding hydrogens is 326 g/mol. The molecule has 3 unspecified atom stereocenters. The molecule has 24 heavy (non-hydrogen) atoms. The molecule has 3 atom stereocenters. The number of methoxy groups -OCH3 is 1. The van der Waals surface area contributed by atoms with Crippen LogP contribution >= 0.6 is 0 Å². The zero-order chi connectivity index (χ0) is 17.4. The van der Waals surface area contributed by atoms with E-state index in [-0.39, 0.29) is 4.90 Å². The Kier molecular flexibility index (Phi) is 3.90. The molecule has 0 N–H and O–H groups in total. The third-order valence-electron chi connectivity index (χ3n) is 4.45. The summed E-state index contributed by atoms with van der Waals surface area (Å²) in [6, 6.07) is 16.6. The molecule has 1 fully saturated rings. The average molecular weight is 341 g/mol. The van der Waals surface area contributed by atoms with Crippen LogP contribution in [-0.4, -0.2) is 27.1 Å². The molecule has 0 aromatic heterocycles. The Morgan fingerprint density at radius 1 is 1.12 bits per heavy atom. The van der Waals surface area contributed by atoms with E-state index < -0.39 is 26.4 Å². The number of ether oxygens (including phenoxy) is 1. The summed E-state index contributed by atoms with van der Waals surface area (Å²) in [6.07, 6.45) is 0.465. The topological polar surface area (TPSA) is 84.2 Å². The highest BCUT2D eigenvalue weighted by atomic mass is 32.2. The molecule has 1 saturated carbocycles. The summed E-state index contributed by atoms with van der Waals surface area (Å²) in [5.74, 6) is -0.0633. The van der Waals surface area contributed by atoms with Gasteiger partial charge >= 0.3 is 0 Å². The first-order valence-corrected chi connectivity index (χ1v) is 8.86. The van der Waals surface area contributed by atoms with Gasteiger partial charge in [-0.1, -0.05) is 30.3 Å². The Bertz CT molecular complexity index is 900. The van der Waals surface area contributed by atoms with Crippen LogP contribution < -0.4 is 4.74 Å². The van der Waals surface area contributed by atoms with Gasteiger partial charge in [0, 0.05) is 5.92 Å².